The average molecular weight is 276 g/mol. The number of likely N-dealkylation sites (tertiary alicyclic amines) is 1. The van der Waals surface area contributed by atoms with Crippen molar-refractivity contribution in [2.45, 2.75) is 26.1 Å². The first kappa shape index (κ1) is 16.9. The Morgan fingerprint density at radius 2 is 1.53 bits per heavy atom. The van der Waals surface area contributed by atoms with Crippen LogP contribution in [-0.2, 0) is 18.9 Å². The summed E-state index contributed by atoms with van der Waals surface area (Å²) in [5.41, 5.74) is 0. The molecule has 1 unspecified atom stereocenters. The van der Waals surface area contributed by atoms with Crippen LogP contribution in [0.1, 0.15) is 19.8 Å². The molecule has 0 N–H and O–H groups in total. The summed E-state index contributed by atoms with van der Waals surface area (Å²) in [4.78, 5) is 0. The quantitative estimate of drug-likeness (QED) is 0.323. The molecule has 1 heterocycles. The van der Waals surface area contributed by atoms with E-state index >= 15 is 0 Å². The van der Waals surface area contributed by atoms with Gasteiger partial charge in [0, 0.05) is 20.0 Å². The standard InChI is InChI=1S/C14H30NO4/c1-14(16-3)19-13-12-18-11-10-17-9-8-15(2)6-4-5-7-15/h14H,4-13H2,1-3H3/q+1. The number of hydrogen-bond donors (Lipinski definition) is 0. The molecule has 1 aliphatic heterocycles. The third kappa shape index (κ3) is 7.84. The molecule has 1 saturated heterocycles. The van der Waals surface area contributed by atoms with Gasteiger partial charge in [0.1, 0.15) is 6.54 Å². The number of methoxy groups -OCH3 is 1. The molecule has 0 bridgehead atoms. The highest BCUT2D eigenvalue weighted by Gasteiger charge is 2.25. The third-order valence-electron chi connectivity index (χ3n) is 3.71. The smallest absolute Gasteiger partial charge is 0.154 e. The minimum atomic E-state index is -0.162. The zero-order valence-electron chi connectivity index (χ0n) is 12.7. The Bertz CT molecular complexity index is 219. The second-order valence-corrected chi connectivity index (χ2v) is 5.40. The van der Waals surface area contributed by atoms with Crippen LogP contribution in [0, 0.1) is 0 Å². The molecule has 5 nitrogen and oxygen atoms in total. The molecule has 0 amide bonds. The van der Waals surface area contributed by atoms with Crippen molar-refractivity contribution < 1.29 is 23.4 Å². The lowest BCUT2D eigenvalue weighted by Gasteiger charge is -2.28. The highest BCUT2D eigenvalue weighted by Crippen LogP contribution is 2.15. The first-order valence-electron chi connectivity index (χ1n) is 7.30. The number of nitrogens with zero attached hydrogens (tertiary/aromatic N) is 1. The second kappa shape index (κ2) is 9.66. The van der Waals surface area contributed by atoms with E-state index in [1.807, 2.05) is 6.92 Å². The molecule has 0 radical (unpaired) electrons. The van der Waals surface area contributed by atoms with Gasteiger partial charge in [-0.05, 0) is 6.92 Å². The molecule has 19 heavy (non-hydrogen) atoms. The first-order chi connectivity index (χ1) is 9.16. The van der Waals surface area contributed by atoms with Crippen LogP contribution in [0.25, 0.3) is 0 Å². The highest BCUT2D eigenvalue weighted by molar-refractivity contribution is 4.51. The Kier molecular flexibility index (Phi) is 8.57. The van der Waals surface area contributed by atoms with E-state index in [0.717, 1.165) is 13.2 Å². The van der Waals surface area contributed by atoms with Crippen molar-refractivity contribution in [1.29, 1.82) is 0 Å². The van der Waals surface area contributed by atoms with E-state index in [9.17, 15) is 0 Å². The van der Waals surface area contributed by atoms with Gasteiger partial charge >= 0.3 is 0 Å². The number of ether oxygens (including phenoxy) is 4. The molecule has 0 spiro atoms. The number of quaternary nitrogens is 1. The van der Waals surface area contributed by atoms with E-state index < -0.39 is 0 Å². The van der Waals surface area contributed by atoms with Crippen LogP contribution in [0.5, 0.6) is 0 Å². The molecule has 1 fully saturated rings. The summed E-state index contributed by atoms with van der Waals surface area (Å²) in [6.45, 7) is 8.86. The fourth-order valence-electron chi connectivity index (χ4n) is 2.27. The molecule has 0 aromatic rings. The van der Waals surface area contributed by atoms with Crippen molar-refractivity contribution in [3.63, 3.8) is 0 Å². The summed E-state index contributed by atoms with van der Waals surface area (Å²) in [5, 5.41) is 0. The van der Waals surface area contributed by atoms with Crippen molar-refractivity contribution in [3.8, 4) is 0 Å². The van der Waals surface area contributed by atoms with Gasteiger partial charge in [-0.25, -0.2) is 0 Å². The monoisotopic (exact) mass is 276 g/mol. The van der Waals surface area contributed by atoms with Crippen LogP contribution in [0.3, 0.4) is 0 Å². The molecule has 0 aliphatic carbocycles. The van der Waals surface area contributed by atoms with Crippen LogP contribution < -0.4 is 0 Å². The van der Waals surface area contributed by atoms with Gasteiger partial charge in [-0.3, -0.25) is 0 Å². The molecular weight excluding hydrogens is 246 g/mol. The van der Waals surface area contributed by atoms with Crippen molar-refractivity contribution >= 4 is 0 Å². The number of hydrogen-bond acceptors (Lipinski definition) is 4. The van der Waals surface area contributed by atoms with Gasteiger partial charge in [-0.15, -0.1) is 0 Å². The fourth-order valence-corrected chi connectivity index (χ4v) is 2.27. The van der Waals surface area contributed by atoms with Crippen LogP contribution in [0.15, 0.2) is 0 Å². The highest BCUT2D eigenvalue weighted by atomic mass is 16.7. The van der Waals surface area contributed by atoms with Crippen molar-refractivity contribution in [2.24, 2.45) is 0 Å². The van der Waals surface area contributed by atoms with E-state index in [1.54, 1.807) is 7.11 Å². The summed E-state index contributed by atoms with van der Waals surface area (Å²) >= 11 is 0. The van der Waals surface area contributed by atoms with Gasteiger partial charge < -0.3 is 23.4 Å². The predicted octanol–water partition coefficient (Wildman–Crippen LogP) is 1.27. The van der Waals surface area contributed by atoms with Crippen molar-refractivity contribution in [2.75, 3.05) is 66.8 Å². The van der Waals surface area contributed by atoms with Gasteiger partial charge in [0.2, 0.25) is 0 Å². The molecule has 0 saturated carbocycles. The minimum absolute atomic E-state index is 0.162. The van der Waals surface area contributed by atoms with Crippen LogP contribution >= 0.6 is 0 Å². The maximum Gasteiger partial charge on any atom is 0.154 e. The first-order valence-corrected chi connectivity index (χ1v) is 7.30. The van der Waals surface area contributed by atoms with Gasteiger partial charge in [0.15, 0.2) is 6.29 Å². The maximum absolute atomic E-state index is 5.60. The van der Waals surface area contributed by atoms with Gasteiger partial charge in [-0.2, -0.15) is 0 Å². The van der Waals surface area contributed by atoms with E-state index in [4.69, 9.17) is 18.9 Å². The van der Waals surface area contributed by atoms with E-state index in [0.29, 0.717) is 26.4 Å². The SMILES string of the molecule is COC(C)OCCOCCOCC[N+]1(C)CCCC1. The lowest BCUT2D eigenvalue weighted by atomic mass is 10.4. The van der Waals surface area contributed by atoms with Gasteiger partial charge in [0.05, 0.1) is 53.2 Å². The van der Waals surface area contributed by atoms with Gasteiger partial charge in [0.25, 0.3) is 0 Å². The summed E-state index contributed by atoms with van der Waals surface area (Å²) in [6, 6.07) is 0. The normalized spacial score (nSPS) is 19.7. The second-order valence-electron chi connectivity index (χ2n) is 5.40. The van der Waals surface area contributed by atoms with Gasteiger partial charge in [-0.1, -0.05) is 0 Å². The molecule has 0 aromatic carbocycles. The fraction of sp³-hybridized carbons (Fsp3) is 1.00. The molecule has 114 valence electrons. The zero-order chi connectivity index (χ0) is 14.0. The number of likely N-dealkylation sites (N-methyl/N-ethyl adjacent to an activating group) is 1. The summed E-state index contributed by atoms with van der Waals surface area (Å²) in [5.74, 6) is 0. The molecule has 0 aromatic heterocycles. The average Bonchev–Trinajstić information content (AvgIpc) is 2.83. The Hall–Kier alpha value is -0.200. The van der Waals surface area contributed by atoms with Crippen LogP contribution in [-0.4, -0.2) is 77.6 Å². The molecular formula is C14H30NO4+. The summed E-state index contributed by atoms with van der Waals surface area (Å²) in [6.07, 6.45) is 2.56. The van der Waals surface area contributed by atoms with E-state index in [2.05, 4.69) is 7.05 Å². The molecule has 1 aliphatic rings. The number of rotatable bonds is 11. The zero-order valence-corrected chi connectivity index (χ0v) is 12.7. The van der Waals surface area contributed by atoms with E-state index in [-0.39, 0.29) is 6.29 Å². The summed E-state index contributed by atoms with van der Waals surface area (Å²) < 4.78 is 22.5. The van der Waals surface area contributed by atoms with Crippen molar-refractivity contribution in [3.05, 3.63) is 0 Å². The molecule has 1 atom stereocenters. The topological polar surface area (TPSA) is 36.9 Å². The van der Waals surface area contributed by atoms with Crippen LogP contribution in [0.4, 0.5) is 0 Å². The minimum Gasteiger partial charge on any atom is -0.377 e. The van der Waals surface area contributed by atoms with E-state index in [1.165, 1.54) is 30.4 Å². The Morgan fingerprint density at radius 1 is 0.947 bits per heavy atom. The lowest BCUT2D eigenvalue weighted by Crippen LogP contribution is -2.43. The third-order valence-corrected chi connectivity index (χ3v) is 3.71. The molecule has 1 rings (SSSR count). The van der Waals surface area contributed by atoms with Crippen molar-refractivity contribution in [1.82, 2.24) is 0 Å². The Balaban J connectivity index is 1.81. The Labute approximate surface area is 117 Å². The van der Waals surface area contributed by atoms with Crippen LogP contribution in [0.2, 0.25) is 0 Å². The Morgan fingerprint density at radius 3 is 2.16 bits per heavy atom. The lowest BCUT2D eigenvalue weighted by molar-refractivity contribution is -0.898. The maximum atomic E-state index is 5.60. The predicted molar refractivity (Wildman–Crippen MR) is 74.1 cm³/mol. The molecule has 5 heteroatoms. The summed E-state index contributed by atoms with van der Waals surface area (Å²) in [7, 11) is 3.95. The largest absolute Gasteiger partial charge is 0.377 e.